The molecule has 4 N–H and O–H groups in total. The molecule has 1 heterocycles. The van der Waals surface area contributed by atoms with Gasteiger partial charge in [-0.2, -0.15) is 0 Å². The summed E-state index contributed by atoms with van der Waals surface area (Å²) in [5.41, 5.74) is 8.39. The van der Waals surface area contributed by atoms with Gasteiger partial charge in [-0.3, -0.25) is 4.79 Å². The van der Waals surface area contributed by atoms with Crippen molar-refractivity contribution in [2.45, 2.75) is 44.8 Å². The number of rotatable bonds is 7. The molecule has 1 saturated carbocycles. The number of pyridine rings is 1. The molecule has 1 amide bonds. The first-order valence-corrected chi connectivity index (χ1v) is 12.6. The van der Waals surface area contributed by atoms with Crippen LogP contribution in [0.25, 0.3) is 11.1 Å². The first-order valence-electron chi connectivity index (χ1n) is 11.9. The summed E-state index contributed by atoms with van der Waals surface area (Å²) in [6.45, 7) is 2.15. The van der Waals surface area contributed by atoms with E-state index in [0.29, 0.717) is 23.4 Å². The Labute approximate surface area is 219 Å². The van der Waals surface area contributed by atoms with Gasteiger partial charge in [-0.25, -0.2) is 9.37 Å². The number of nitrogen functional groups attached to an aromatic ring is 1. The Kier molecular flexibility index (Phi) is 8.34. The number of nitrogens with zero attached hydrogens (tertiary/aromatic N) is 1. The molecule has 1 unspecified atom stereocenters. The van der Waals surface area contributed by atoms with Gasteiger partial charge in [0.05, 0.1) is 11.1 Å². The minimum atomic E-state index is -0.686. The lowest BCUT2D eigenvalue weighted by Crippen LogP contribution is -2.36. The van der Waals surface area contributed by atoms with Crippen LogP contribution in [0.1, 0.15) is 54.6 Å². The molecule has 6 nitrogen and oxygen atoms in total. The number of aromatic nitrogens is 1. The van der Waals surface area contributed by atoms with E-state index in [1.54, 1.807) is 31.3 Å². The first-order chi connectivity index (χ1) is 17.2. The Bertz CT molecular complexity index is 1240. The lowest BCUT2D eigenvalue weighted by Gasteiger charge is -2.27. The molecule has 0 saturated heterocycles. The number of aliphatic hydroxyl groups is 1. The van der Waals surface area contributed by atoms with Crippen molar-refractivity contribution in [3.05, 3.63) is 75.7 Å². The lowest BCUT2D eigenvalue weighted by atomic mass is 9.86. The van der Waals surface area contributed by atoms with Crippen LogP contribution in [0, 0.1) is 11.7 Å². The van der Waals surface area contributed by atoms with E-state index in [0.717, 1.165) is 36.8 Å². The minimum Gasteiger partial charge on any atom is -0.482 e. The second-order valence-corrected chi connectivity index (χ2v) is 9.81. The molecule has 0 spiro atoms. The summed E-state index contributed by atoms with van der Waals surface area (Å²) in [5.74, 6) is -0.220. The van der Waals surface area contributed by atoms with E-state index >= 15 is 0 Å². The second kappa shape index (κ2) is 11.5. The normalized spacial score (nSPS) is 18.5. The molecule has 4 rings (SSSR count). The van der Waals surface area contributed by atoms with Crippen LogP contribution in [0.15, 0.2) is 48.7 Å². The third kappa shape index (κ3) is 5.91. The van der Waals surface area contributed by atoms with Gasteiger partial charge in [-0.15, -0.1) is 0 Å². The second-order valence-electron chi connectivity index (χ2n) is 9.02. The van der Waals surface area contributed by atoms with Gasteiger partial charge in [-0.05, 0) is 55.7 Å². The average molecular weight is 532 g/mol. The largest absolute Gasteiger partial charge is 0.482 e. The van der Waals surface area contributed by atoms with E-state index in [4.69, 9.17) is 33.7 Å². The summed E-state index contributed by atoms with van der Waals surface area (Å²) in [5, 5.41) is 13.2. The van der Waals surface area contributed by atoms with Gasteiger partial charge in [0.1, 0.15) is 11.9 Å². The topological polar surface area (TPSA) is 97.5 Å². The molecule has 190 valence electrons. The van der Waals surface area contributed by atoms with E-state index in [2.05, 4.69) is 10.3 Å². The third-order valence-electron chi connectivity index (χ3n) is 6.55. The number of hydrogen-bond donors (Lipinski definition) is 3. The Hall–Kier alpha value is -2.87. The Balaban J connectivity index is 1.46. The molecule has 0 bridgehead atoms. The highest BCUT2D eigenvalue weighted by molar-refractivity contribution is 6.36. The van der Waals surface area contributed by atoms with Crippen molar-refractivity contribution in [3.63, 3.8) is 0 Å². The van der Waals surface area contributed by atoms with Crippen molar-refractivity contribution in [1.29, 1.82) is 0 Å². The molecular weight excluding hydrogens is 504 g/mol. The summed E-state index contributed by atoms with van der Waals surface area (Å²) >= 11 is 12.3. The Morgan fingerprint density at radius 2 is 1.92 bits per heavy atom. The van der Waals surface area contributed by atoms with E-state index in [1.165, 1.54) is 12.1 Å². The van der Waals surface area contributed by atoms with Gasteiger partial charge >= 0.3 is 0 Å². The number of carbonyl (C=O) groups excluding carboxylic acids is 1. The van der Waals surface area contributed by atoms with Gasteiger partial charge in [-0.1, -0.05) is 48.2 Å². The fourth-order valence-electron chi connectivity index (χ4n) is 4.44. The number of ether oxygens (including phenoxy) is 1. The standard InChI is InChI=1S/C27H28Cl2FN3O3/c1-15(24-20(28)10-11-21(30)25(24)29)36-23-12-19(14-32-26(23)31)16-6-8-17(9-7-16)27(35)33-13-18-4-2-3-5-22(18)34/h6-12,14-15,18,22,34H,2-5,13H2,1H3,(H2,31,32)(H,33,35)/t15?,18-,22+/m0/s1. The van der Waals surface area contributed by atoms with Crippen molar-refractivity contribution in [1.82, 2.24) is 10.3 Å². The predicted molar refractivity (Wildman–Crippen MR) is 140 cm³/mol. The molecule has 2 aromatic carbocycles. The molecule has 1 aromatic heterocycles. The van der Waals surface area contributed by atoms with E-state index in [9.17, 15) is 14.3 Å². The number of aliphatic hydroxyl groups excluding tert-OH is 1. The van der Waals surface area contributed by atoms with Crippen molar-refractivity contribution in [3.8, 4) is 16.9 Å². The van der Waals surface area contributed by atoms with Crippen LogP contribution in [0.5, 0.6) is 5.75 Å². The summed E-state index contributed by atoms with van der Waals surface area (Å²) in [7, 11) is 0. The molecule has 0 radical (unpaired) electrons. The SMILES string of the molecule is CC(Oc1cc(-c2ccc(C(=O)NC[C@@H]3CCCC[C@H]3O)cc2)cnc1N)c1c(Cl)ccc(F)c1Cl. The quantitative estimate of drug-likeness (QED) is 0.315. The van der Waals surface area contributed by atoms with Gasteiger partial charge in [0.2, 0.25) is 0 Å². The number of halogens is 3. The van der Waals surface area contributed by atoms with Crippen LogP contribution >= 0.6 is 23.2 Å². The van der Waals surface area contributed by atoms with Crippen LogP contribution in [0.3, 0.4) is 0 Å². The number of hydrogen-bond acceptors (Lipinski definition) is 5. The number of anilines is 1. The van der Waals surface area contributed by atoms with Gasteiger partial charge < -0.3 is 20.9 Å². The van der Waals surface area contributed by atoms with E-state index in [-0.39, 0.29) is 33.8 Å². The maximum absolute atomic E-state index is 13.9. The van der Waals surface area contributed by atoms with Crippen LogP contribution in [0.4, 0.5) is 10.2 Å². The maximum atomic E-state index is 13.9. The monoisotopic (exact) mass is 531 g/mol. The van der Waals surface area contributed by atoms with Crippen LogP contribution in [-0.2, 0) is 0 Å². The zero-order valence-electron chi connectivity index (χ0n) is 19.8. The molecular formula is C27H28Cl2FN3O3. The average Bonchev–Trinajstić information content (AvgIpc) is 2.87. The van der Waals surface area contributed by atoms with Gasteiger partial charge in [0, 0.05) is 40.4 Å². The Morgan fingerprint density at radius 3 is 2.64 bits per heavy atom. The highest BCUT2D eigenvalue weighted by Crippen LogP contribution is 2.37. The van der Waals surface area contributed by atoms with Crippen LogP contribution in [-0.4, -0.2) is 28.6 Å². The van der Waals surface area contributed by atoms with Crippen molar-refractivity contribution >= 4 is 34.9 Å². The molecule has 1 aliphatic carbocycles. The number of benzene rings is 2. The van der Waals surface area contributed by atoms with E-state index in [1.807, 2.05) is 12.1 Å². The summed E-state index contributed by atoms with van der Waals surface area (Å²) in [6.07, 6.45) is 4.39. The van der Waals surface area contributed by atoms with Gasteiger partial charge in [0.15, 0.2) is 11.6 Å². The molecule has 3 aromatic rings. The summed E-state index contributed by atoms with van der Waals surface area (Å²) < 4.78 is 19.9. The number of amides is 1. The lowest BCUT2D eigenvalue weighted by molar-refractivity contribution is 0.0663. The zero-order chi connectivity index (χ0) is 25.8. The number of nitrogens with two attached hydrogens (primary N) is 1. The minimum absolute atomic E-state index is 0.0979. The predicted octanol–water partition coefficient (Wildman–Crippen LogP) is 6.20. The highest BCUT2D eigenvalue weighted by atomic mass is 35.5. The van der Waals surface area contributed by atoms with Crippen molar-refractivity contribution in [2.75, 3.05) is 12.3 Å². The van der Waals surface area contributed by atoms with Crippen LogP contribution < -0.4 is 15.8 Å². The molecule has 1 aliphatic rings. The number of nitrogens with one attached hydrogen (secondary N) is 1. The van der Waals surface area contributed by atoms with Crippen molar-refractivity contribution < 1.29 is 19.0 Å². The smallest absolute Gasteiger partial charge is 0.251 e. The van der Waals surface area contributed by atoms with Gasteiger partial charge in [0.25, 0.3) is 5.91 Å². The first kappa shape index (κ1) is 26.2. The van der Waals surface area contributed by atoms with E-state index < -0.39 is 11.9 Å². The Morgan fingerprint density at radius 1 is 1.19 bits per heavy atom. The fourth-order valence-corrected chi connectivity index (χ4v) is 5.12. The third-order valence-corrected chi connectivity index (χ3v) is 7.26. The summed E-state index contributed by atoms with van der Waals surface area (Å²) in [6, 6.07) is 11.4. The molecule has 0 aliphatic heterocycles. The molecule has 3 atom stereocenters. The molecule has 1 fully saturated rings. The zero-order valence-corrected chi connectivity index (χ0v) is 21.3. The maximum Gasteiger partial charge on any atom is 0.251 e. The molecule has 9 heteroatoms. The fraction of sp³-hybridized carbons (Fsp3) is 0.333. The highest BCUT2D eigenvalue weighted by Gasteiger charge is 2.24. The number of carbonyl (C=O) groups is 1. The summed E-state index contributed by atoms with van der Waals surface area (Å²) in [4.78, 5) is 16.8. The van der Waals surface area contributed by atoms with Crippen molar-refractivity contribution in [2.24, 2.45) is 5.92 Å². The van der Waals surface area contributed by atoms with Crippen LogP contribution in [0.2, 0.25) is 10.0 Å². The molecule has 36 heavy (non-hydrogen) atoms.